The van der Waals surface area contributed by atoms with Crippen LogP contribution in [-0.4, -0.2) is 48.6 Å². The van der Waals surface area contributed by atoms with Crippen LogP contribution in [0.25, 0.3) is 0 Å². The fourth-order valence-electron chi connectivity index (χ4n) is 1.83. The third-order valence-corrected chi connectivity index (χ3v) is 3.07. The fourth-order valence-corrected chi connectivity index (χ4v) is 1.83. The van der Waals surface area contributed by atoms with Crippen molar-refractivity contribution in [1.82, 2.24) is 10.2 Å². The number of benzene rings is 1. The monoisotopic (exact) mass is 350 g/mol. The van der Waals surface area contributed by atoms with Gasteiger partial charge in [0.25, 0.3) is 0 Å². The standard InChI is InChI=1S/C18H26N2O5/c1-18(2,3)25-16(22)14(11-15(21)20(4)5)19-17(23)24-12-13-9-7-6-8-10-13/h6-10,14H,11-12H2,1-5H3,(H,19,23). The highest BCUT2D eigenvalue weighted by atomic mass is 16.6. The number of alkyl carbamates (subject to hydrolysis) is 1. The van der Waals surface area contributed by atoms with Crippen LogP contribution in [0.15, 0.2) is 30.3 Å². The van der Waals surface area contributed by atoms with Crippen molar-refractivity contribution in [1.29, 1.82) is 0 Å². The number of nitrogens with one attached hydrogen (secondary N) is 1. The molecule has 1 rings (SSSR count). The Labute approximate surface area is 148 Å². The van der Waals surface area contributed by atoms with Crippen molar-refractivity contribution in [3.8, 4) is 0 Å². The summed E-state index contributed by atoms with van der Waals surface area (Å²) in [6, 6.07) is 8.03. The van der Waals surface area contributed by atoms with Crippen LogP contribution in [0.2, 0.25) is 0 Å². The van der Waals surface area contributed by atoms with Gasteiger partial charge in [0.15, 0.2) is 0 Å². The Hall–Kier alpha value is -2.57. The molecule has 0 aromatic heterocycles. The smallest absolute Gasteiger partial charge is 0.408 e. The molecule has 1 aromatic rings. The maximum atomic E-state index is 12.3. The normalized spacial score (nSPS) is 12.0. The van der Waals surface area contributed by atoms with Crippen molar-refractivity contribution < 1.29 is 23.9 Å². The lowest BCUT2D eigenvalue weighted by atomic mass is 10.1. The Morgan fingerprint density at radius 1 is 1.12 bits per heavy atom. The molecule has 0 spiro atoms. The Balaban J connectivity index is 2.69. The number of esters is 1. The molecule has 1 unspecified atom stereocenters. The highest BCUT2D eigenvalue weighted by Crippen LogP contribution is 2.11. The highest BCUT2D eigenvalue weighted by molar-refractivity contribution is 5.88. The maximum absolute atomic E-state index is 12.3. The molecule has 0 saturated heterocycles. The van der Waals surface area contributed by atoms with E-state index in [4.69, 9.17) is 9.47 Å². The zero-order valence-electron chi connectivity index (χ0n) is 15.4. The Bertz CT molecular complexity index is 593. The van der Waals surface area contributed by atoms with Gasteiger partial charge in [-0.1, -0.05) is 30.3 Å². The molecule has 138 valence electrons. The van der Waals surface area contributed by atoms with Gasteiger partial charge in [0.1, 0.15) is 18.2 Å². The van der Waals surface area contributed by atoms with Gasteiger partial charge in [0, 0.05) is 14.1 Å². The number of rotatable bonds is 6. The van der Waals surface area contributed by atoms with E-state index < -0.39 is 23.7 Å². The van der Waals surface area contributed by atoms with E-state index >= 15 is 0 Å². The lowest BCUT2D eigenvalue weighted by Crippen LogP contribution is -2.46. The van der Waals surface area contributed by atoms with Crippen LogP contribution in [-0.2, 0) is 25.7 Å². The summed E-state index contributed by atoms with van der Waals surface area (Å²) in [5.41, 5.74) is 0.0855. The van der Waals surface area contributed by atoms with Gasteiger partial charge >= 0.3 is 12.1 Å². The van der Waals surface area contributed by atoms with Gasteiger partial charge < -0.3 is 19.7 Å². The minimum Gasteiger partial charge on any atom is -0.458 e. The SMILES string of the molecule is CN(C)C(=O)CC(NC(=O)OCc1ccccc1)C(=O)OC(C)(C)C. The number of carbonyl (C=O) groups excluding carboxylic acids is 3. The van der Waals surface area contributed by atoms with E-state index in [-0.39, 0.29) is 18.9 Å². The summed E-state index contributed by atoms with van der Waals surface area (Å²) in [5, 5.41) is 2.41. The predicted octanol–water partition coefficient (Wildman–Crippen LogP) is 2.10. The largest absolute Gasteiger partial charge is 0.458 e. The van der Waals surface area contributed by atoms with Gasteiger partial charge in [-0.05, 0) is 26.3 Å². The summed E-state index contributed by atoms with van der Waals surface area (Å²) in [5.74, 6) is -0.987. The highest BCUT2D eigenvalue weighted by Gasteiger charge is 2.29. The van der Waals surface area contributed by atoms with Crippen LogP contribution in [0.3, 0.4) is 0 Å². The zero-order chi connectivity index (χ0) is 19.0. The van der Waals surface area contributed by atoms with Gasteiger partial charge in [-0.15, -0.1) is 0 Å². The zero-order valence-corrected chi connectivity index (χ0v) is 15.4. The van der Waals surface area contributed by atoms with Crippen molar-refractivity contribution in [2.24, 2.45) is 0 Å². The van der Waals surface area contributed by atoms with Gasteiger partial charge in [-0.25, -0.2) is 9.59 Å². The molecule has 25 heavy (non-hydrogen) atoms. The second-order valence-corrected chi connectivity index (χ2v) is 6.78. The molecule has 0 aliphatic carbocycles. The number of hydrogen-bond donors (Lipinski definition) is 1. The molecule has 1 aromatic carbocycles. The van der Waals surface area contributed by atoms with Crippen molar-refractivity contribution in [3.63, 3.8) is 0 Å². The average Bonchev–Trinajstić information content (AvgIpc) is 2.51. The van der Waals surface area contributed by atoms with Gasteiger partial charge in [0.2, 0.25) is 5.91 Å². The molecule has 0 radical (unpaired) electrons. The number of nitrogens with zero attached hydrogens (tertiary/aromatic N) is 1. The Morgan fingerprint density at radius 3 is 2.24 bits per heavy atom. The summed E-state index contributed by atoms with van der Waals surface area (Å²) >= 11 is 0. The third kappa shape index (κ3) is 8.19. The second-order valence-electron chi connectivity index (χ2n) is 6.78. The molecule has 7 nitrogen and oxygen atoms in total. The van der Waals surface area contributed by atoms with Crippen LogP contribution in [0.5, 0.6) is 0 Å². The first kappa shape index (κ1) is 20.5. The van der Waals surface area contributed by atoms with Crippen molar-refractivity contribution >= 4 is 18.0 Å². The summed E-state index contributed by atoms with van der Waals surface area (Å²) in [4.78, 5) is 37.5. The molecule has 0 aliphatic heterocycles. The summed E-state index contributed by atoms with van der Waals surface area (Å²) < 4.78 is 10.4. The van der Waals surface area contributed by atoms with Crippen molar-refractivity contribution in [2.75, 3.05) is 14.1 Å². The molecule has 0 aliphatic rings. The summed E-state index contributed by atoms with van der Waals surface area (Å²) in [6.45, 7) is 5.20. The number of ether oxygens (including phenoxy) is 2. The minimum absolute atomic E-state index is 0.0648. The molecule has 1 N–H and O–H groups in total. The molecule has 2 amide bonds. The van der Waals surface area contributed by atoms with Gasteiger partial charge in [-0.3, -0.25) is 4.79 Å². The Kier molecular flexibility index (Phi) is 7.42. The summed E-state index contributed by atoms with van der Waals surface area (Å²) in [7, 11) is 3.14. The van der Waals surface area contributed by atoms with E-state index in [1.54, 1.807) is 34.9 Å². The van der Waals surface area contributed by atoms with E-state index in [1.807, 2.05) is 30.3 Å². The molecule has 0 fully saturated rings. The average molecular weight is 350 g/mol. The number of amides is 2. The molecule has 7 heteroatoms. The maximum Gasteiger partial charge on any atom is 0.408 e. The molecular weight excluding hydrogens is 324 g/mol. The minimum atomic E-state index is -1.11. The van der Waals surface area contributed by atoms with Crippen LogP contribution < -0.4 is 5.32 Å². The fraction of sp³-hybridized carbons (Fsp3) is 0.500. The van der Waals surface area contributed by atoms with Crippen LogP contribution in [0.1, 0.15) is 32.8 Å². The third-order valence-electron chi connectivity index (χ3n) is 3.07. The first-order valence-electron chi connectivity index (χ1n) is 7.98. The lowest BCUT2D eigenvalue weighted by molar-refractivity contribution is -0.158. The van der Waals surface area contributed by atoms with Crippen LogP contribution >= 0.6 is 0 Å². The van der Waals surface area contributed by atoms with E-state index in [9.17, 15) is 14.4 Å². The molecule has 0 saturated carbocycles. The lowest BCUT2D eigenvalue weighted by Gasteiger charge is -2.24. The molecule has 0 heterocycles. The summed E-state index contributed by atoms with van der Waals surface area (Å²) in [6.07, 6.45) is -0.992. The van der Waals surface area contributed by atoms with E-state index in [0.29, 0.717) is 0 Å². The molecule has 0 bridgehead atoms. The topological polar surface area (TPSA) is 84.9 Å². The van der Waals surface area contributed by atoms with Crippen molar-refractivity contribution in [3.05, 3.63) is 35.9 Å². The van der Waals surface area contributed by atoms with Crippen molar-refractivity contribution in [2.45, 2.75) is 45.4 Å². The number of carbonyl (C=O) groups is 3. The second kappa shape index (κ2) is 9.05. The first-order chi connectivity index (χ1) is 11.6. The van der Waals surface area contributed by atoms with E-state index in [0.717, 1.165) is 5.56 Å². The Morgan fingerprint density at radius 2 is 1.72 bits per heavy atom. The molecular formula is C18H26N2O5. The van der Waals surface area contributed by atoms with Crippen LogP contribution in [0.4, 0.5) is 4.79 Å². The number of hydrogen-bond acceptors (Lipinski definition) is 5. The van der Waals surface area contributed by atoms with Gasteiger partial charge in [0.05, 0.1) is 6.42 Å². The van der Waals surface area contributed by atoms with Crippen LogP contribution in [0, 0.1) is 0 Å². The van der Waals surface area contributed by atoms with E-state index in [1.165, 1.54) is 4.90 Å². The predicted molar refractivity (Wildman–Crippen MR) is 92.7 cm³/mol. The quantitative estimate of drug-likeness (QED) is 0.794. The first-order valence-corrected chi connectivity index (χ1v) is 7.98. The van der Waals surface area contributed by atoms with E-state index in [2.05, 4.69) is 5.32 Å². The molecule has 1 atom stereocenters. The van der Waals surface area contributed by atoms with Gasteiger partial charge in [-0.2, -0.15) is 0 Å².